The summed E-state index contributed by atoms with van der Waals surface area (Å²) < 4.78 is 18.1. The van der Waals surface area contributed by atoms with Gasteiger partial charge < -0.3 is 4.74 Å². The molecule has 18 heavy (non-hydrogen) atoms. The number of benzene rings is 1. The first kappa shape index (κ1) is 12.0. The number of rotatable bonds is 3. The van der Waals surface area contributed by atoms with Crippen LogP contribution in [0.2, 0.25) is 0 Å². The molecule has 1 heterocycles. The fourth-order valence-electron chi connectivity index (χ4n) is 1.35. The van der Waals surface area contributed by atoms with Crippen LogP contribution in [0.3, 0.4) is 0 Å². The normalized spacial score (nSPS) is 9.83. The Balaban J connectivity index is 1.88. The third-order valence-electron chi connectivity index (χ3n) is 2.22. The maximum Gasteiger partial charge on any atom is 0.412 e. The number of nitrogens with one attached hydrogen (secondary N) is 1. The number of carbonyl (C=O) groups excluding carboxylic acids is 1. The van der Waals surface area contributed by atoms with Crippen molar-refractivity contribution < 1.29 is 13.9 Å². The molecule has 0 aliphatic rings. The van der Waals surface area contributed by atoms with Crippen LogP contribution in [0.1, 0.15) is 5.56 Å². The fourth-order valence-corrected chi connectivity index (χ4v) is 1.35. The molecular formula is C13H11FN2O2. The van der Waals surface area contributed by atoms with Gasteiger partial charge in [0.05, 0.1) is 11.9 Å². The lowest BCUT2D eigenvalue weighted by Crippen LogP contribution is -2.14. The molecule has 0 aliphatic carbocycles. The molecule has 1 aromatic heterocycles. The van der Waals surface area contributed by atoms with Crippen LogP contribution in [0.4, 0.5) is 14.9 Å². The molecule has 1 amide bonds. The second-order valence-electron chi connectivity index (χ2n) is 3.54. The number of anilines is 1. The van der Waals surface area contributed by atoms with Crippen LogP contribution >= 0.6 is 0 Å². The van der Waals surface area contributed by atoms with Gasteiger partial charge in [-0.05, 0) is 11.6 Å². The van der Waals surface area contributed by atoms with E-state index in [2.05, 4.69) is 10.3 Å². The van der Waals surface area contributed by atoms with Gasteiger partial charge in [-0.3, -0.25) is 10.3 Å². The molecule has 5 heteroatoms. The lowest BCUT2D eigenvalue weighted by atomic mass is 10.2. The number of halogens is 1. The first-order chi connectivity index (χ1) is 8.75. The predicted molar refractivity (Wildman–Crippen MR) is 64.4 cm³/mol. The van der Waals surface area contributed by atoms with Gasteiger partial charge in [0.25, 0.3) is 0 Å². The van der Waals surface area contributed by atoms with Gasteiger partial charge in [0, 0.05) is 6.20 Å². The van der Waals surface area contributed by atoms with Crippen molar-refractivity contribution in [3.8, 4) is 0 Å². The Kier molecular flexibility index (Phi) is 3.86. The number of amides is 1. The van der Waals surface area contributed by atoms with Gasteiger partial charge in [0.1, 0.15) is 6.61 Å². The Morgan fingerprint density at radius 3 is 2.78 bits per heavy atom. The zero-order valence-electron chi connectivity index (χ0n) is 9.47. The molecule has 2 aromatic rings. The number of carbonyl (C=O) groups is 1. The number of aromatic nitrogens is 1. The summed E-state index contributed by atoms with van der Waals surface area (Å²) in [5, 5.41) is 2.30. The lowest BCUT2D eigenvalue weighted by Gasteiger charge is -2.07. The molecule has 1 N–H and O–H groups in total. The molecule has 0 bridgehead atoms. The summed E-state index contributed by atoms with van der Waals surface area (Å²) in [5.41, 5.74) is 0.908. The SMILES string of the molecule is O=C(Nc1ccncc1F)OCc1ccccc1. The molecule has 1 aromatic carbocycles. The average molecular weight is 246 g/mol. The molecule has 0 saturated heterocycles. The predicted octanol–water partition coefficient (Wildman–Crippen LogP) is 2.97. The van der Waals surface area contributed by atoms with Crippen LogP contribution in [0.5, 0.6) is 0 Å². The second-order valence-corrected chi connectivity index (χ2v) is 3.54. The Morgan fingerprint density at radius 2 is 2.06 bits per heavy atom. The zero-order chi connectivity index (χ0) is 12.8. The van der Waals surface area contributed by atoms with Gasteiger partial charge in [-0.1, -0.05) is 30.3 Å². The van der Waals surface area contributed by atoms with Crippen molar-refractivity contribution in [2.75, 3.05) is 5.32 Å². The van der Waals surface area contributed by atoms with E-state index in [1.165, 1.54) is 12.3 Å². The van der Waals surface area contributed by atoms with Crippen molar-refractivity contribution in [1.82, 2.24) is 4.98 Å². The van der Waals surface area contributed by atoms with Gasteiger partial charge >= 0.3 is 6.09 Å². The average Bonchev–Trinajstić information content (AvgIpc) is 2.40. The molecule has 0 spiro atoms. The summed E-state index contributed by atoms with van der Waals surface area (Å²) >= 11 is 0. The van der Waals surface area contributed by atoms with Crippen molar-refractivity contribution >= 4 is 11.8 Å². The van der Waals surface area contributed by atoms with E-state index >= 15 is 0 Å². The third-order valence-corrected chi connectivity index (χ3v) is 2.22. The monoisotopic (exact) mass is 246 g/mol. The Morgan fingerprint density at radius 1 is 1.28 bits per heavy atom. The third kappa shape index (κ3) is 3.28. The van der Waals surface area contributed by atoms with Gasteiger partial charge in [-0.15, -0.1) is 0 Å². The van der Waals surface area contributed by atoms with E-state index in [1.54, 1.807) is 0 Å². The van der Waals surface area contributed by atoms with Gasteiger partial charge in [0.2, 0.25) is 0 Å². The number of hydrogen-bond acceptors (Lipinski definition) is 3. The Hall–Kier alpha value is -2.43. The van der Waals surface area contributed by atoms with Crippen LogP contribution < -0.4 is 5.32 Å². The molecular weight excluding hydrogens is 235 g/mol. The lowest BCUT2D eigenvalue weighted by molar-refractivity contribution is 0.155. The summed E-state index contributed by atoms with van der Waals surface area (Å²) in [7, 11) is 0. The molecule has 0 atom stereocenters. The molecule has 0 saturated carbocycles. The van der Waals surface area contributed by atoms with Gasteiger partial charge in [-0.25, -0.2) is 9.18 Å². The van der Waals surface area contributed by atoms with Crippen LogP contribution in [0, 0.1) is 5.82 Å². The molecule has 0 unspecified atom stereocenters. The molecule has 0 aliphatic heterocycles. The zero-order valence-corrected chi connectivity index (χ0v) is 9.47. The molecule has 0 fully saturated rings. The van der Waals surface area contributed by atoms with Crippen LogP contribution in [-0.4, -0.2) is 11.1 Å². The Labute approximate surface area is 103 Å². The minimum atomic E-state index is -0.705. The maximum absolute atomic E-state index is 13.2. The van der Waals surface area contributed by atoms with Crippen LogP contribution in [0.15, 0.2) is 48.8 Å². The number of ether oxygens (including phenoxy) is 1. The first-order valence-electron chi connectivity index (χ1n) is 5.33. The van der Waals surface area contributed by atoms with E-state index in [4.69, 9.17) is 4.74 Å². The summed E-state index contributed by atoms with van der Waals surface area (Å²) in [5.74, 6) is -0.603. The summed E-state index contributed by atoms with van der Waals surface area (Å²) in [6.07, 6.45) is 1.70. The van der Waals surface area contributed by atoms with E-state index < -0.39 is 11.9 Å². The number of nitrogens with zero attached hydrogens (tertiary/aromatic N) is 1. The summed E-state index contributed by atoms with van der Waals surface area (Å²) in [6.45, 7) is 0.138. The first-order valence-corrected chi connectivity index (χ1v) is 5.33. The van der Waals surface area contributed by atoms with E-state index in [1.807, 2.05) is 30.3 Å². The molecule has 0 radical (unpaired) electrons. The van der Waals surface area contributed by atoms with Crippen LogP contribution in [0.25, 0.3) is 0 Å². The van der Waals surface area contributed by atoms with E-state index in [-0.39, 0.29) is 12.3 Å². The van der Waals surface area contributed by atoms with Crippen molar-refractivity contribution in [3.05, 3.63) is 60.2 Å². The van der Waals surface area contributed by atoms with Crippen molar-refractivity contribution in [1.29, 1.82) is 0 Å². The van der Waals surface area contributed by atoms with Gasteiger partial charge in [-0.2, -0.15) is 0 Å². The van der Waals surface area contributed by atoms with E-state index in [0.29, 0.717) is 0 Å². The quantitative estimate of drug-likeness (QED) is 0.905. The van der Waals surface area contributed by atoms with Crippen molar-refractivity contribution in [3.63, 3.8) is 0 Å². The minimum absolute atomic E-state index is 0.0445. The molecule has 92 valence electrons. The molecule has 4 nitrogen and oxygen atoms in total. The second kappa shape index (κ2) is 5.77. The topological polar surface area (TPSA) is 51.2 Å². The highest BCUT2D eigenvalue weighted by Gasteiger charge is 2.07. The highest BCUT2D eigenvalue weighted by Crippen LogP contribution is 2.11. The standard InChI is InChI=1S/C13H11FN2O2/c14-11-8-15-7-6-12(11)16-13(17)18-9-10-4-2-1-3-5-10/h1-8H,9H2,(H,15,16,17). The van der Waals surface area contributed by atoms with Gasteiger partial charge in [0.15, 0.2) is 5.82 Å². The Bertz CT molecular complexity index is 532. The highest BCUT2D eigenvalue weighted by molar-refractivity contribution is 5.84. The van der Waals surface area contributed by atoms with E-state index in [0.717, 1.165) is 11.8 Å². The smallest absolute Gasteiger partial charge is 0.412 e. The largest absolute Gasteiger partial charge is 0.444 e. The molecule has 2 rings (SSSR count). The fraction of sp³-hybridized carbons (Fsp3) is 0.0769. The van der Waals surface area contributed by atoms with E-state index in [9.17, 15) is 9.18 Å². The highest BCUT2D eigenvalue weighted by atomic mass is 19.1. The number of hydrogen-bond donors (Lipinski definition) is 1. The summed E-state index contributed by atoms with van der Waals surface area (Å²) in [6, 6.07) is 10.6. The number of pyridine rings is 1. The minimum Gasteiger partial charge on any atom is -0.444 e. The summed E-state index contributed by atoms with van der Waals surface area (Å²) in [4.78, 5) is 15.0. The van der Waals surface area contributed by atoms with Crippen molar-refractivity contribution in [2.24, 2.45) is 0 Å². The van der Waals surface area contributed by atoms with Crippen LogP contribution in [-0.2, 0) is 11.3 Å². The van der Waals surface area contributed by atoms with Crippen molar-refractivity contribution in [2.45, 2.75) is 6.61 Å². The maximum atomic E-state index is 13.2.